The lowest BCUT2D eigenvalue weighted by Gasteiger charge is -2.34. The molecule has 2 heterocycles. The number of methoxy groups -OCH3 is 1. The van der Waals surface area contributed by atoms with Crippen LogP contribution in [0.25, 0.3) is 0 Å². The van der Waals surface area contributed by atoms with Crippen molar-refractivity contribution >= 4 is 17.7 Å². The Morgan fingerprint density at radius 1 is 1.06 bits per heavy atom. The monoisotopic (exact) mass is 467 g/mol. The zero-order chi connectivity index (χ0) is 24.2. The molecule has 0 saturated carbocycles. The molecule has 184 valence electrons. The van der Waals surface area contributed by atoms with Gasteiger partial charge in [-0.2, -0.15) is 0 Å². The molecule has 0 spiro atoms. The van der Waals surface area contributed by atoms with Crippen molar-refractivity contribution in [3.63, 3.8) is 0 Å². The van der Waals surface area contributed by atoms with E-state index in [2.05, 4.69) is 16.3 Å². The van der Waals surface area contributed by atoms with Crippen LogP contribution in [0.2, 0.25) is 0 Å². The van der Waals surface area contributed by atoms with E-state index in [9.17, 15) is 14.4 Å². The van der Waals surface area contributed by atoms with Crippen LogP contribution < -0.4 is 10.1 Å². The van der Waals surface area contributed by atoms with Crippen molar-refractivity contribution in [3.05, 3.63) is 42.0 Å². The maximum atomic E-state index is 13.4. The van der Waals surface area contributed by atoms with Gasteiger partial charge in [0, 0.05) is 31.2 Å². The van der Waals surface area contributed by atoms with Gasteiger partial charge in [0.2, 0.25) is 17.7 Å². The third-order valence-electron chi connectivity index (χ3n) is 7.37. The van der Waals surface area contributed by atoms with Crippen molar-refractivity contribution in [3.8, 4) is 5.75 Å². The molecule has 1 aromatic carbocycles. The van der Waals surface area contributed by atoms with Gasteiger partial charge in [0.15, 0.2) is 0 Å². The predicted octanol–water partition coefficient (Wildman–Crippen LogP) is 3.14. The minimum absolute atomic E-state index is 0.0489. The number of likely N-dealkylation sites (tertiary alicyclic amines) is 2. The number of carbonyl (C=O) groups is 3. The van der Waals surface area contributed by atoms with Crippen molar-refractivity contribution in [1.29, 1.82) is 0 Å². The molecule has 7 heteroatoms. The van der Waals surface area contributed by atoms with Crippen molar-refractivity contribution in [2.24, 2.45) is 17.8 Å². The number of imide groups is 1. The van der Waals surface area contributed by atoms with E-state index < -0.39 is 6.04 Å². The average Bonchev–Trinajstić information content (AvgIpc) is 3.09. The van der Waals surface area contributed by atoms with Gasteiger partial charge in [-0.1, -0.05) is 44.2 Å². The largest absolute Gasteiger partial charge is 0.496 e. The summed E-state index contributed by atoms with van der Waals surface area (Å²) in [6.07, 6.45) is 7.30. The van der Waals surface area contributed by atoms with Gasteiger partial charge < -0.3 is 10.1 Å². The number of amides is 3. The smallest absolute Gasteiger partial charge is 0.243 e. The number of piperidine rings is 1. The van der Waals surface area contributed by atoms with E-state index >= 15 is 0 Å². The molecule has 0 aromatic heterocycles. The Morgan fingerprint density at radius 3 is 2.26 bits per heavy atom. The Kier molecular flexibility index (Phi) is 7.71. The Morgan fingerprint density at radius 2 is 1.68 bits per heavy atom. The number of nitrogens with zero attached hydrogens (tertiary/aromatic N) is 2. The van der Waals surface area contributed by atoms with Gasteiger partial charge in [-0.25, -0.2) is 0 Å². The van der Waals surface area contributed by atoms with Crippen LogP contribution in [0.3, 0.4) is 0 Å². The van der Waals surface area contributed by atoms with Gasteiger partial charge >= 0.3 is 0 Å². The Labute approximate surface area is 202 Å². The molecule has 3 unspecified atom stereocenters. The van der Waals surface area contributed by atoms with Gasteiger partial charge in [-0.05, 0) is 44.1 Å². The summed E-state index contributed by atoms with van der Waals surface area (Å²) in [5.41, 5.74) is 1.16. The summed E-state index contributed by atoms with van der Waals surface area (Å²) in [5.74, 6) is -0.0648. The molecule has 3 amide bonds. The SMILES string of the molecule is COc1ccccc1CN1CCC(NC(=O)C(CC(C)C)N2C(=O)C3CC=CCC3C2=O)CC1. The van der Waals surface area contributed by atoms with Crippen LogP contribution in [0.5, 0.6) is 5.75 Å². The van der Waals surface area contributed by atoms with Crippen LogP contribution in [0.4, 0.5) is 0 Å². The molecule has 3 aliphatic rings. The minimum atomic E-state index is -0.725. The topological polar surface area (TPSA) is 79.0 Å². The Hall–Kier alpha value is -2.67. The second kappa shape index (κ2) is 10.7. The van der Waals surface area contributed by atoms with Crippen molar-refractivity contribution in [2.75, 3.05) is 20.2 Å². The van der Waals surface area contributed by atoms with Gasteiger partial charge in [0.05, 0.1) is 18.9 Å². The van der Waals surface area contributed by atoms with E-state index in [0.717, 1.165) is 43.8 Å². The molecular weight excluding hydrogens is 430 g/mol. The summed E-state index contributed by atoms with van der Waals surface area (Å²) in [6, 6.07) is 7.38. The molecule has 1 N–H and O–H groups in total. The predicted molar refractivity (Wildman–Crippen MR) is 130 cm³/mol. The first-order valence-corrected chi connectivity index (χ1v) is 12.6. The van der Waals surface area contributed by atoms with Gasteiger partial charge in [-0.3, -0.25) is 24.2 Å². The standard InChI is InChI=1S/C27H37N3O4/c1-18(2)16-23(30-26(32)21-9-5-6-10-22(21)27(30)33)25(31)28-20-12-14-29(15-13-20)17-19-8-4-7-11-24(19)34-3/h4-8,11,18,20-23H,9-10,12-17H2,1-3H3,(H,28,31). The highest BCUT2D eigenvalue weighted by Gasteiger charge is 2.51. The number of hydrogen-bond donors (Lipinski definition) is 1. The molecule has 1 aliphatic carbocycles. The molecule has 7 nitrogen and oxygen atoms in total. The summed E-state index contributed by atoms with van der Waals surface area (Å²) in [6.45, 7) is 6.60. The van der Waals surface area contributed by atoms with Crippen LogP contribution in [-0.4, -0.2) is 59.8 Å². The lowest BCUT2D eigenvalue weighted by molar-refractivity contribution is -0.148. The van der Waals surface area contributed by atoms with Crippen LogP contribution in [-0.2, 0) is 20.9 Å². The number of para-hydroxylation sites is 1. The lowest BCUT2D eigenvalue weighted by Crippen LogP contribution is -2.54. The minimum Gasteiger partial charge on any atom is -0.496 e. The molecule has 34 heavy (non-hydrogen) atoms. The average molecular weight is 468 g/mol. The third kappa shape index (κ3) is 5.19. The summed E-state index contributed by atoms with van der Waals surface area (Å²) < 4.78 is 5.47. The first-order valence-electron chi connectivity index (χ1n) is 12.6. The van der Waals surface area contributed by atoms with E-state index in [1.807, 2.05) is 44.2 Å². The number of nitrogens with one attached hydrogen (secondary N) is 1. The molecule has 2 saturated heterocycles. The van der Waals surface area contributed by atoms with Gasteiger partial charge in [0.25, 0.3) is 0 Å². The second-order valence-electron chi connectivity index (χ2n) is 10.2. The molecule has 0 bridgehead atoms. The quantitative estimate of drug-likeness (QED) is 0.469. The van der Waals surface area contributed by atoms with E-state index in [0.29, 0.717) is 19.3 Å². The van der Waals surface area contributed by atoms with E-state index in [-0.39, 0.29) is 41.5 Å². The number of rotatable bonds is 8. The third-order valence-corrected chi connectivity index (χ3v) is 7.37. The summed E-state index contributed by atoms with van der Waals surface area (Å²) in [4.78, 5) is 43.3. The maximum absolute atomic E-state index is 13.4. The normalized spacial score (nSPS) is 24.4. The zero-order valence-corrected chi connectivity index (χ0v) is 20.5. The zero-order valence-electron chi connectivity index (χ0n) is 20.5. The molecule has 2 aliphatic heterocycles. The number of ether oxygens (including phenoxy) is 1. The highest BCUT2D eigenvalue weighted by atomic mass is 16.5. The maximum Gasteiger partial charge on any atom is 0.243 e. The number of fused-ring (bicyclic) bond motifs is 1. The Bertz CT molecular complexity index is 910. The van der Waals surface area contributed by atoms with Crippen molar-refractivity contribution in [1.82, 2.24) is 15.1 Å². The molecule has 4 rings (SSSR count). The number of allylic oxidation sites excluding steroid dienone is 2. The number of hydrogen-bond acceptors (Lipinski definition) is 5. The summed E-state index contributed by atoms with van der Waals surface area (Å²) >= 11 is 0. The fourth-order valence-electron chi connectivity index (χ4n) is 5.52. The van der Waals surface area contributed by atoms with E-state index in [4.69, 9.17) is 4.74 Å². The molecule has 0 radical (unpaired) electrons. The van der Waals surface area contributed by atoms with Crippen LogP contribution in [0.1, 0.15) is 51.5 Å². The lowest BCUT2D eigenvalue weighted by atomic mass is 9.85. The van der Waals surface area contributed by atoms with Crippen LogP contribution in [0.15, 0.2) is 36.4 Å². The van der Waals surface area contributed by atoms with Crippen molar-refractivity contribution < 1.29 is 19.1 Å². The molecule has 1 aromatic rings. The summed E-state index contributed by atoms with van der Waals surface area (Å²) in [7, 11) is 1.69. The fraction of sp³-hybridized carbons (Fsp3) is 0.593. The fourth-order valence-corrected chi connectivity index (χ4v) is 5.52. The van der Waals surface area contributed by atoms with Crippen LogP contribution in [0, 0.1) is 17.8 Å². The van der Waals surface area contributed by atoms with Crippen LogP contribution >= 0.6 is 0 Å². The molecule has 3 atom stereocenters. The Balaban J connectivity index is 1.36. The van der Waals surface area contributed by atoms with Crippen molar-refractivity contribution in [2.45, 2.75) is 64.6 Å². The highest BCUT2D eigenvalue weighted by Crippen LogP contribution is 2.37. The first kappa shape index (κ1) is 24.5. The molecule has 2 fully saturated rings. The van der Waals surface area contributed by atoms with E-state index in [1.165, 1.54) is 4.90 Å². The van der Waals surface area contributed by atoms with Gasteiger partial charge in [-0.15, -0.1) is 0 Å². The van der Waals surface area contributed by atoms with Gasteiger partial charge in [0.1, 0.15) is 11.8 Å². The number of carbonyl (C=O) groups excluding carboxylic acids is 3. The number of benzene rings is 1. The first-order chi connectivity index (χ1) is 16.4. The van der Waals surface area contributed by atoms with E-state index in [1.54, 1.807) is 7.11 Å². The summed E-state index contributed by atoms with van der Waals surface area (Å²) in [5, 5.41) is 3.18. The highest BCUT2D eigenvalue weighted by molar-refractivity contribution is 6.08. The molecular formula is C27H37N3O4. The second-order valence-corrected chi connectivity index (χ2v) is 10.2.